The Morgan fingerprint density at radius 2 is 2.15 bits per heavy atom. The highest BCUT2D eigenvalue weighted by atomic mass is 32.2. The van der Waals surface area contributed by atoms with Crippen molar-refractivity contribution in [1.82, 2.24) is 5.32 Å². The predicted molar refractivity (Wildman–Crippen MR) is 87.1 cm³/mol. The van der Waals surface area contributed by atoms with Gasteiger partial charge in [-0.3, -0.25) is 0 Å². The van der Waals surface area contributed by atoms with Crippen LogP contribution in [0.25, 0.3) is 0 Å². The molecule has 0 bridgehead atoms. The third kappa shape index (κ3) is 4.13. The molecular formula is C16H25FN2S. The third-order valence-electron chi connectivity index (χ3n) is 3.47. The van der Waals surface area contributed by atoms with Crippen molar-refractivity contribution in [3.63, 3.8) is 0 Å². The van der Waals surface area contributed by atoms with E-state index < -0.39 is 0 Å². The number of thioether (sulfide) groups is 1. The summed E-state index contributed by atoms with van der Waals surface area (Å²) in [6, 6.07) is 5.43. The minimum Gasteiger partial charge on any atom is -0.369 e. The van der Waals surface area contributed by atoms with E-state index >= 15 is 0 Å². The topological polar surface area (TPSA) is 15.3 Å². The van der Waals surface area contributed by atoms with E-state index in [-0.39, 0.29) is 11.4 Å². The molecule has 0 spiro atoms. The predicted octanol–water partition coefficient (Wildman–Crippen LogP) is 3.66. The SMILES string of the molecule is CC1CN(c2cccc(F)c2CNC(C)(C)C)CCS1. The van der Waals surface area contributed by atoms with E-state index in [0.717, 1.165) is 30.1 Å². The minimum absolute atomic E-state index is 0.00933. The van der Waals surface area contributed by atoms with Crippen LogP contribution in [-0.2, 0) is 6.54 Å². The molecular weight excluding hydrogens is 271 g/mol. The van der Waals surface area contributed by atoms with E-state index in [4.69, 9.17) is 0 Å². The zero-order valence-electron chi connectivity index (χ0n) is 12.9. The number of benzene rings is 1. The van der Waals surface area contributed by atoms with Crippen molar-refractivity contribution >= 4 is 17.4 Å². The van der Waals surface area contributed by atoms with Gasteiger partial charge < -0.3 is 10.2 Å². The van der Waals surface area contributed by atoms with E-state index in [1.807, 2.05) is 23.9 Å². The molecule has 1 aromatic rings. The Morgan fingerprint density at radius 3 is 2.80 bits per heavy atom. The first-order valence-electron chi connectivity index (χ1n) is 7.26. The maximum Gasteiger partial charge on any atom is 0.129 e. The van der Waals surface area contributed by atoms with Crippen molar-refractivity contribution in [1.29, 1.82) is 0 Å². The number of anilines is 1. The van der Waals surface area contributed by atoms with Gasteiger partial charge in [0.05, 0.1) is 0 Å². The van der Waals surface area contributed by atoms with Gasteiger partial charge in [0, 0.05) is 47.4 Å². The molecule has 1 aliphatic rings. The van der Waals surface area contributed by atoms with Crippen LogP contribution in [0.5, 0.6) is 0 Å². The zero-order chi connectivity index (χ0) is 14.8. The average molecular weight is 296 g/mol. The van der Waals surface area contributed by atoms with Gasteiger partial charge in [0.15, 0.2) is 0 Å². The van der Waals surface area contributed by atoms with E-state index in [2.05, 4.69) is 37.9 Å². The van der Waals surface area contributed by atoms with Crippen molar-refractivity contribution in [2.45, 2.75) is 45.0 Å². The molecule has 1 aliphatic heterocycles. The van der Waals surface area contributed by atoms with Gasteiger partial charge in [0.2, 0.25) is 0 Å². The highest BCUT2D eigenvalue weighted by molar-refractivity contribution is 8.00. The number of hydrogen-bond acceptors (Lipinski definition) is 3. The van der Waals surface area contributed by atoms with Gasteiger partial charge in [0.1, 0.15) is 5.82 Å². The Hall–Kier alpha value is -0.740. The van der Waals surface area contributed by atoms with Crippen LogP contribution in [0.2, 0.25) is 0 Å². The maximum atomic E-state index is 14.2. The molecule has 1 saturated heterocycles. The van der Waals surface area contributed by atoms with Crippen molar-refractivity contribution in [2.75, 3.05) is 23.7 Å². The highest BCUT2D eigenvalue weighted by Gasteiger charge is 2.21. The molecule has 0 saturated carbocycles. The van der Waals surface area contributed by atoms with Gasteiger partial charge in [-0.25, -0.2) is 4.39 Å². The molecule has 1 atom stereocenters. The van der Waals surface area contributed by atoms with Crippen LogP contribution < -0.4 is 10.2 Å². The van der Waals surface area contributed by atoms with E-state index in [1.54, 1.807) is 6.07 Å². The van der Waals surface area contributed by atoms with Gasteiger partial charge in [-0.05, 0) is 32.9 Å². The van der Waals surface area contributed by atoms with E-state index in [1.165, 1.54) is 0 Å². The zero-order valence-corrected chi connectivity index (χ0v) is 13.7. The fourth-order valence-corrected chi connectivity index (χ4v) is 3.42. The Balaban J connectivity index is 2.21. The van der Waals surface area contributed by atoms with Crippen LogP contribution in [0, 0.1) is 5.82 Å². The lowest BCUT2D eigenvalue weighted by molar-refractivity contribution is 0.418. The third-order valence-corrected chi connectivity index (χ3v) is 4.61. The van der Waals surface area contributed by atoms with Crippen LogP contribution in [-0.4, -0.2) is 29.6 Å². The first-order valence-corrected chi connectivity index (χ1v) is 8.30. The lowest BCUT2D eigenvalue weighted by Gasteiger charge is -2.34. The molecule has 2 nitrogen and oxygen atoms in total. The van der Waals surface area contributed by atoms with Crippen molar-refractivity contribution in [3.05, 3.63) is 29.6 Å². The van der Waals surface area contributed by atoms with Crippen LogP contribution in [0.3, 0.4) is 0 Å². The second-order valence-electron chi connectivity index (χ2n) is 6.47. The molecule has 1 unspecified atom stereocenters. The van der Waals surface area contributed by atoms with Gasteiger partial charge in [-0.15, -0.1) is 0 Å². The Kier molecular flexibility index (Phi) is 4.97. The van der Waals surface area contributed by atoms with Crippen molar-refractivity contribution in [2.24, 2.45) is 0 Å². The molecule has 0 radical (unpaired) electrons. The van der Waals surface area contributed by atoms with Gasteiger partial charge in [-0.1, -0.05) is 13.0 Å². The lowest BCUT2D eigenvalue weighted by Crippen LogP contribution is -2.39. The Morgan fingerprint density at radius 1 is 1.40 bits per heavy atom. The quantitative estimate of drug-likeness (QED) is 0.916. The molecule has 0 aromatic heterocycles. The summed E-state index contributed by atoms with van der Waals surface area (Å²) >= 11 is 1.99. The fraction of sp³-hybridized carbons (Fsp3) is 0.625. The van der Waals surface area contributed by atoms with E-state index in [0.29, 0.717) is 11.8 Å². The van der Waals surface area contributed by atoms with Crippen LogP contribution in [0.4, 0.5) is 10.1 Å². The smallest absolute Gasteiger partial charge is 0.129 e. The Bertz CT molecular complexity index is 456. The summed E-state index contributed by atoms with van der Waals surface area (Å²) in [6.07, 6.45) is 0. The summed E-state index contributed by atoms with van der Waals surface area (Å²) in [4.78, 5) is 2.32. The molecule has 1 aromatic carbocycles. The second-order valence-corrected chi connectivity index (χ2v) is 8.01. The molecule has 1 fully saturated rings. The summed E-state index contributed by atoms with van der Waals surface area (Å²) in [5.74, 6) is 1.01. The van der Waals surface area contributed by atoms with Gasteiger partial charge in [0.25, 0.3) is 0 Å². The number of nitrogens with zero attached hydrogens (tertiary/aromatic N) is 1. The Labute approximate surface area is 126 Å². The number of halogens is 1. The first-order chi connectivity index (χ1) is 9.37. The second kappa shape index (κ2) is 6.35. The minimum atomic E-state index is -0.106. The summed E-state index contributed by atoms with van der Waals surface area (Å²) in [6.45, 7) is 11.1. The first kappa shape index (κ1) is 15.6. The monoisotopic (exact) mass is 296 g/mol. The molecule has 0 amide bonds. The fourth-order valence-electron chi connectivity index (χ4n) is 2.41. The maximum absolute atomic E-state index is 14.2. The number of nitrogens with one attached hydrogen (secondary N) is 1. The van der Waals surface area contributed by atoms with Gasteiger partial charge >= 0.3 is 0 Å². The molecule has 20 heavy (non-hydrogen) atoms. The summed E-state index contributed by atoms with van der Waals surface area (Å²) in [5.41, 5.74) is 1.83. The largest absolute Gasteiger partial charge is 0.369 e. The summed E-state index contributed by atoms with van der Waals surface area (Å²) < 4.78 is 14.2. The summed E-state index contributed by atoms with van der Waals surface area (Å²) in [7, 11) is 0. The van der Waals surface area contributed by atoms with Gasteiger partial charge in [-0.2, -0.15) is 11.8 Å². The number of hydrogen-bond donors (Lipinski definition) is 1. The average Bonchev–Trinajstić information content (AvgIpc) is 2.36. The van der Waals surface area contributed by atoms with Crippen LogP contribution >= 0.6 is 11.8 Å². The molecule has 112 valence electrons. The van der Waals surface area contributed by atoms with Crippen molar-refractivity contribution < 1.29 is 4.39 Å². The van der Waals surface area contributed by atoms with Crippen LogP contribution in [0.1, 0.15) is 33.3 Å². The molecule has 2 rings (SSSR count). The molecule has 0 aliphatic carbocycles. The molecule has 4 heteroatoms. The lowest BCUT2D eigenvalue weighted by atomic mass is 10.1. The molecule has 1 N–H and O–H groups in total. The molecule has 1 heterocycles. The number of rotatable bonds is 3. The standard InChI is InChI=1S/C16H25FN2S/c1-12-11-19(8-9-20-12)15-7-5-6-14(17)13(15)10-18-16(2,3)4/h5-7,12,18H,8-11H2,1-4H3. The van der Waals surface area contributed by atoms with Crippen LogP contribution in [0.15, 0.2) is 18.2 Å². The normalized spacial score (nSPS) is 20.2. The van der Waals surface area contributed by atoms with E-state index in [9.17, 15) is 4.39 Å². The highest BCUT2D eigenvalue weighted by Crippen LogP contribution is 2.28. The summed E-state index contributed by atoms with van der Waals surface area (Å²) in [5, 5.41) is 4.00. The van der Waals surface area contributed by atoms with Crippen molar-refractivity contribution in [3.8, 4) is 0 Å².